The molecule has 68 valence electrons. The molecule has 6 heteroatoms. The summed E-state index contributed by atoms with van der Waals surface area (Å²) in [6.07, 6.45) is -3.19. The van der Waals surface area contributed by atoms with Gasteiger partial charge in [-0.15, -0.1) is 0 Å². The van der Waals surface area contributed by atoms with Crippen LogP contribution in [0.5, 0.6) is 0 Å². The van der Waals surface area contributed by atoms with Crippen molar-refractivity contribution in [1.82, 2.24) is 0 Å². The number of Topliss-reactive ketones (excluding diaryl/α,β-unsaturated/α-hetero) is 1. The van der Waals surface area contributed by atoms with Crippen LogP contribution in [0.15, 0.2) is 0 Å². The summed E-state index contributed by atoms with van der Waals surface area (Å²) in [6.45, 7) is -1.54. The van der Waals surface area contributed by atoms with Crippen LogP contribution in [0.3, 0.4) is 0 Å². The topological polar surface area (TPSA) is 129 Å². The molecule has 0 aliphatic carbocycles. The molecule has 0 rings (SSSR count). The largest absolute Gasteiger partial charge is 0.412 e. The first-order valence-corrected chi connectivity index (χ1v) is 2.74. The molecule has 0 aromatic heterocycles. The standard InChI is InChI=1S/C5H10O5.H2O/c6-1-3(8)5(10)4(9)2-7;/h3,5-8,10H,1-2H2;1H2/t3-,5+;/m0./s1. The number of aliphatic hydroxyl groups excluding tert-OH is 4. The summed E-state index contributed by atoms with van der Waals surface area (Å²) < 4.78 is 0. The zero-order chi connectivity index (χ0) is 8.15. The molecule has 0 saturated heterocycles. The van der Waals surface area contributed by atoms with Gasteiger partial charge in [0.05, 0.1) is 6.61 Å². The van der Waals surface area contributed by atoms with E-state index in [1.54, 1.807) is 0 Å². The van der Waals surface area contributed by atoms with Gasteiger partial charge in [0.1, 0.15) is 18.8 Å². The van der Waals surface area contributed by atoms with Crippen molar-refractivity contribution in [2.75, 3.05) is 13.2 Å². The van der Waals surface area contributed by atoms with Gasteiger partial charge in [-0.05, 0) is 0 Å². The molecule has 0 aromatic rings. The second-order valence-corrected chi connectivity index (χ2v) is 1.82. The Bertz CT molecular complexity index is 114. The predicted octanol–water partition coefficient (Wildman–Crippen LogP) is -3.56. The number of ketones is 1. The van der Waals surface area contributed by atoms with E-state index < -0.39 is 31.2 Å². The second-order valence-electron chi connectivity index (χ2n) is 1.82. The Morgan fingerprint density at radius 3 is 2.00 bits per heavy atom. The fourth-order valence-corrected chi connectivity index (χ4v) is 0.408. The Hall–Kier alpha value is -0.530. The molecule has 0 aliphatic heterocycles. The molecule has 6 N–H and O–H groups in total. The van der Waals surface area contributed by atoms with Crippen molar-refractivity contribution >= 4 is 5.78 Å². The molecule has 0 aromatic carbocycles. The normalized spacial score (nSPS) is 14.9. The maximum atomic E-state index is 10.3. The highest BCUT2D eigenvalue weighted by atomic mass is 16.4. The summed E-state index contributed by atoms with van der Waals surface area (Å²) >= 11 is 0. The van der Waals surface area contributed by atoms with Gasteiger partial charge in [0.2, 0.25) is 0 Å². The van der Waals surface area contributed by atoms with Crippen molar-refractivity contribution in [3.8, 4) is 0 Å². The van der Waals surface area contributed by atoms with Gasteiger partial charge in [-0.25, -0.2) is 0 Å². The van der Waals surface area contributed by atoms with Gasteiger partial charge in [0.15, 0.2) is 5.78 Å². The average molecular weight is 168 g/mol. The van der Waals surface area contributed by atoms with Crippen molar-refractivity contribution < 1.29 is 30.7 Å². The van der Waals surface area contributed by atoms with Crippen LogP contribution in [0.25, 0.3) is 0 Å². The van der Waals surface area contributed by atoms with Crippen LogP contribution in [0.1, 0.15) is 0 Å². The number of hydrogen-bond acceptors (Lipinski definition) is 5. The van der Waals surface area contributed by atoms with Crippen LogP contribution in [0, 0.1) is 0 Å². The van der Waals surface area contributed by atoms with Crippen LogP contribution >= 0.6 is 0 Å². The first-order valence-electron chi connectivity index (χ1n) is 2.74. The lowest BCUT2D eigenvalue weighted by Gasteiger charge is -2.11. The Kier molecular flexibility index (Phi) is 7.37. The SMILES string of the molecule is O.O=C(CO)[C@H](O)[C@@H](O)CO. The molecule has 0 radical (unpaired) electrons. The summed E-state index contributed by atoms with van der Waals surface area (Å²) in [4.78, 5) is 10.3. The molecule has 11 heavy (non-hydrogen) atoms. The quantitative estimate of drug-likeness (QED) is 0.345. The van der Waals surface area contributed by atoms with E-state index in [1.807, 2.05) is 0 Å². The van der Waals surface area contributed by atoms with Crippen molar-refractivity contribution in [1.29, 1.82) is 0 Å². The van der Waals surface area contributed by atoms with Gasteiger partial charge in [-0.3, -0.25) is 4.79 Å². The molecule has 0 amide bonds. The van der Waals surface area contributed by atoms with Gasteiger partial charge < -0.3 is 25.9 Å². The van der Waals surface area contributed by atoms with Crippen LogP contribution in [0.2, 0.25) is 0 Å². The minimum absolute atomic E-state index is 0. The van der Waals surface area contributed by atoms with Crippen LogP contribution in [-0.4, -0.2) is 57.1 Å². The van der Waals surface area contributed by atoms with E-state index in [0.29, 0.717) is 0 Å². The third-order valence-corrected chi connectivity index (χ3v) is 1.04. The molecule has 0 heterocycles. The molecule has 2 atom stereocenters. The molecule has 6 nitrogen and oxygen atoms in total. The van der Waals surface area contributed by atoms with Crippen molar-refractivity contribution in [3.63, 3.8) is 0 Å². The Balaban J connectivity index is 0. The fourth-order valence-electron chi connectivity index (χ4n) is 0.408. The monoisotopic (exact) mass is 168 g/mol. The summed E-state index contributed by atoms with van der Waals surface area (Å²) in [5.41, 5.74) is 0. The third kappa shape index (κ3) is 4.02. The fraction of sp³-hybridized carbons (Fsp3) is 0.800. The summed E-state index contributed by atoms with van der Waals surface area (Å²) in [5.74, 6) is -0.901. The van der Waals surface area contributed by atoms with E-state index in [2.05, 4.69) is 0 Å². The highest BCUT2D eigenvalue weighted by Gasteiger charge is 2.21. The summed E-state index contributed by atoms with van der Waals surface area (Å²) in [6, 6.07) is 0. The van der Waals surface area contributed by atoms with E-state index in [0.717, 1.165) is 0 Å². The van der Waals surface area contributed by atoms with Gasteiger partial charge in [0.25, 0.3) is 0 Å². The zero-order valence-electron chi connectivity index (χ0n) is 5.77. The minimum Gasteiger partial charge on any atom is -0.412 e. The molecule has 0 unspecified atom stereocenters. The van der Waals surface area contributed by atoms with E-state index in [-0.39, 0.29) is 5.48 Å². The zero-order valence-corrected chi connectivity index (χ0v) is 5.77. The number of carbonyl (C=O) groups excluding carboxylic acids is 1. The van der Waals surface area contributed by atoms with E-state index in [1.165, 1.54) is 0 Å². The Morgan fingerprint density at radius 2 is 1.73 bits per heavy atom. The Labute approximate surface area is 63.0 Å². The van der Waals surface area contributed by atoms with Crippen LogP contribution in [-0.2, 0) is 4.79 Å². The third-order valence-electron chi connectivity index (χ3n) is 1.04. The van der Waals surface area contributed by atoms with Gasteiger partial charge in [-0.1, -0.05) is 0 Å². The maximum absolute atomic E-state index is 10.3. The predicted molar refractivity (Wildman–Crippen MR) is 34.8 cm³/mol. The molecular formula is C5H12O6. The molecule has 0 fully saturated rings. The highest BCUT2D eigenvalue weighted by Crippen LogP contribution is 1.92. The van der Waals surface area contributed by atoms with E-state index >= 15 is 0 Å². The van der Waals surface area contributed by atoms with Crippen molar-refractivity contribution in [3.05, 3.63) is 0 Å². The molecule has 0 bridgehead atoms. The number of carbonyl (C=O) groups is 1. The molecule has 0 aliphatic rings. The molecule has 0 spiro atoms. The minimum atomic E-state index is -1.69. The van der Waals surface area contributed by atoms with Crippen LogP contribution in [0.4, 0.5) is 0 Å². The lowest BCUT2D eigenvalue weighted by atomic mass is 10.1. The van der Waals surface area contributed by atoms with Crippen LogP contribution < -0.4 is 0 Å². The van der Waals surface area contributed by atoms with Gasteiger partial charge in [-0.2, -0.15) is 0 Å². The van der Waals surface area contributed by atoms with Crippen molar-refractivity contribution in [2.45, 2.75) is 12.2 Å². The van der Waals surface area contributed by atoms with Gasteiger partial charge >= 0.3 is 0 Å². The number of rotatable bonds is 4. The summed E-state index contributed by atoms with van der Waals surface area (Å²) in [5, 5.41) is 33.6. The lowest BCUT2D eigenvalue weighted by Crippen LogP contribution is -2.37. The summed E-state index contributed by atoms with van der Waals surface area (Å²) in [7, 11) is 0. The smallest absolute Gasteiger partial charge is 0.189 e. The average Bonchev–Trinajstić information content (AvgIpc) is 2.00. The first kappa shape index (κ1) is 13.1. The Morgan fingerprint density at radius 1 is 1.27 bits per heavy atom. The first-order chi connectivity index (χ1) is 4.63. The van der Waals surface area contributed by atoms with Crippen molar-refractivity contribution in [2.24, 2.45) is 0 Å². The highest BCUT2D eigenvalue weighted by molar-refractivity contribution is 5.84. The maximum Gasteiger partial charge on any atom is 0.189 e. The van der Waals surface area contributed by atoms with E-state index in [9.17, 15) is 4.79 Å². The number of hydrogen-bond donors (Lipinski definition) is 4. The second kappa shape index (κ2) is 6.20. The lowest BCUT2D eigenvalue weighted by molar-refractivity contribution is -0.137. The van der Waals surface area contributed by atoms with E-state index in [4.69, 9.17) is 20.4 Å². The van der Waals surface area contributed by atoms with Gasteiger partial charge in [0, 0.05) is 0 Å². The molecular weight excluding hydrogens is 156 g/mol. The molecule has 0 saturated carbocycles. The number of aliphatic hydroxyl groups is 4.